The SMILES string of the molecule is CCN(CC)[C@@H](CNc1nc2ccccn2c1[N+](=O)[O-])c1ccccc1. The van der Waals surface area contributed by atoms with Crippen LogP contribution in [-0.4, -0.2) is 38.8 Å². The van der Waals surface area contributed by atoms with Gasteiger partial charge in [-0.15, -0.1) is 0 Å². The van der Waals surface area contributed by atoms with Crippen molar-refractivity contribution in [2.24, 2.45) is 0 Å². The molecule has 1 aromatic carbocycles. The Kier molecular flexibility index (Phi) is 5.48. The molecule has 3 rings (SSSR count). The molecule has 3 aromatic rings. The second-order valence-electron chi connectivity index (χ2n) is 6.00. The van der Waals surface area contributed by atoms with Gasteiger partial charge in [-0.2, -0.15) is 9.38 Å². The largest absolute Gasteiger partial charge is 0.372 e. The second kappa shape index (κ2) is 7.97. The highest BCUT2D eigenvalue weighted by molar-refractivity contribution is 5.62. The van der Waals surface area contributed by atoms with Crippen LogP contribution in [0.15, 0.2) is 54.7 Å². The van der Waals surface area contributed by atoms with Gasteiger partial charge in [0.15, 0.2) is 0 Å². The van der Waals surface area contributed by atoms with E-state index in [-0.39, 0.29) is 11.9 Å². The van der Waals surface area contributed by atoms with E-state index in [1.165, 1.54) is 9.96 Å². The summed E-state index contributed by atoms with van der Waals surface area (Å²) in [6.45, 7) is 6.56. The molecule has 0 saturated carbocycles. The number of fused-ring (bicyclic) bond motifs is 1. The quantitative estimate of drug-likeness (QED) is 0.493. The molecular formula is C19H23N5O2. The van der Waals surface area contributed by atoms with Gasteiger partial charge in [0.25, 0.3) is 0 Å². The van der Waals surface area contributed by atoms with Gasteiger partial charge in [-0.25, -0.2) is 0 Å². The molecule has 0 aliphatic heterocycles. The van der Waals surface area contributed by atoms with Crippen molar-refractivity contribution in [1.82, 2.24) is 14.3 Å². The maximum absolute atomic E-state index is 11.6. The molecule has 2 heterocycles. The molecule has 0 saturated heterocycles. The zero-order valence-electron chi connectivity index (χ0n) is 15.0. The Morgan fingerprint density at radius 3 is 2.50 bits per heavy atom. The summed E-state index contributed by atoms with van der Waals surface area (Å²) >= 11 is 0. The first-order valence-corrected chi connectivity index (χ1v) is 8.80. The van der Waals surface area contributed by atoms with Crippen molar-refractivity contribution < 1.29 is 4.92 Å². The number of likely N-dealkylation sites (N-methyl/N-ethyl adjacent to an activating group) is 1. The summed E-state index contributed by atoms with van der Waals surface area (Å²) < 4.78 is 1.50. The molecule has 136 valence electrons. The van der Waals surface area contributed by atoms with Crippen molar-refractivity contribution in [3.8, 4) is 0 Å². The number of pyridine rings is 1. The first-order chi connectivity index (χ1) is 12.7. The summed E-state index contributed by atoms with van der Waals surface area (Å²) in [6.07, 6.45) is 1.66. The summed E-state index contributed by atoms with van der Waals surface area (Å²) in [4.78, 5) is 17.9. The fourth-order valence-corrected chi connectivity index (χ4v) is 3.27. The van der Waals surface area contributed by atoms with Gasteiger partial charge >= 0.3 is 5.82 Å². The summed E-state index contributed by atoms with van der Waals surface area (Å²) in [5.41, 5.74) is 1.73. The zero-order chi connectivity index (χ0) is 18.5. The van der Waals surface area contributed by atoms with Crippen LogP contribution in [0.2, 0.25) is 0 Å². The predicted molar refractivity (Wildman–Crippen MR) is 102 cm³/mol. The third-order valence-electron chi connectivity index (χ3n) is 4.58. The lowest BCUT2D eigenvalue weighted by Gasteiger charge is -2.30. The molecule has 1 N–H and O–H groups in total. The normalized spacial score (nSPS) is 12.4. The van der Waals surface area contributed by atoms with Crippen LogP contribution in [0, 0.1) is 10.1 Å². The van der Waals surface area contributed by atoms with E-state index in [1.807, 2.05) is 24.3 Å². The standard InChI is InChI=1S/C19H23N5O2/c1-3-22(4-2)16(15-10-6-5-7-11-15)14-20-18-19(24(25)26)23-13-9-8-12-17(23)21-18/h5-13,16,20H,3-4,14H2,1-2H3/t16-/m0/s1. The lowest BCUT2D eigenvalue weighted by Crippen LogP contribution is -2.33. The van der Waals surface area contributed by atoms with Crippen molar-refractivity contribution in [3.63, 3.8) is 0 Å². The predicted octanol–water partition coefficient (Wildman–Crippen LogP) is 3.74. The van der Waals surface area contributed by atoms with E-state index in [0.717, 1.165) is 13.1 Å². The van der Waals surface area contributed by atoms with Crippen LogP contribution < -0.4 is 5.32 Å². The number of aromatic nitrogens is 2. The van der Waals surface area contributed by atoms with Gasteiger partial charge in [-0.3, -0.25) is 4.90 Å². The molecule has 0 bridgehead atoms. The summed E-state index contributed by atoms with van der Waals surface area (Å²) in [5, 5.41) is 14.8. The number of hydrogen-bond donors (Lipinski definition) is 1. The van der Waals surface area contributed by atoms with Gasteiger partial charge in [0, 0.05) is 12.6 Å². The van der Waals surface area contributed by atoms with Gasteiger partial charge in [-0.1, -0.05) is 50.2 Å². The number of rotatable bonds is 8. The molecule has 1 atom stereocenters. The number of imidazole rings is 1. The first-order valence-electron chi connectivity index (χ1n) is 8.80. The van der Waals surface area contributed by atoms with Crippen molar-refractivity contribution in [1.29, 1.82) is 0 Å². The van der Waals surface area contributed by atoms with Crippen LogP contribution in [0.25, 0.3) is 5.65 Å². The van der Waals surface area contributed by atoms with Gasteiger partial charge < -0.3 is 15.4 Å². The van der Waals surface area contributed by atoms with E-state index < -0.39 is 4.92 Å². The molecule has 0 spiro atoms. The Morgan fingerprint density at radius 1 is 1.15 bits per heavy atom. The molecule has 2 aromatic heterocycles. The Morgan fingerprint density at radius 2 is 1.85 bits per heavy atom. The van der Waals surface area contributed by atoms with Gasteiger partial charge in [0.2, 0.25) is 11.5 Å². The fraction of sp³-hybridized carbons (Fsp3) is 0.316. The lowest BCUT2D eigenvalue weighted by molar-refractivity contribution is -0.389. The van der Waals surface area contributed by atoms with E-state index in [2.05, 4.69) is 41.2 Å². The monoisotopic (exact) mass is 353 g/mol. The minimum atomic E-state index is -0.392. The van der Waals surface area contributed by atoms with Gasteiger partial charge in [0.1, 0.15) is 0 Å². The zero-order valence-corrected chi connectivity index (χ0v) is 15.0. The maximum atomic E-state index is 11.6. The highest BCUT2D eigenvalue weighted by atomic mass is 16.6. The van der Waals surface area contributed by atoms with E-state index in [0.29, 0.717) is 18.0 Å². The molecule has 7 nitrogen and oxygen atoms in total. The van der Waals surface area contributed by atoms with Crippen molar-refractivity contribution >= 4 is 17.3 Å². The molecule has 0 amide bonds. The molecule has 7 heteroatoms. The van der Waals surface area contributed by atoms with Crippen LogP contribution in [0.1, 0.15) is 25.5 Å². The van der Waals surface area contributed by atoms with Crippen LogP contribution in [0.4, 0.5) is 11.6 Å². The average molecular weight is 353 g/mol. The number of anilines is 1. The molecule has 0 radical (unpaired) electrons. The number of nitrogens with one attached hydrogen (secondary N) is 1. The van der Waals surface area contributed by atoms with E-state index in [9.17, 15) is 10.1 Å². The van der Waals surface area contributed by atoms with Crippen LogP contribution in [-0.2, 0) is 0 Å². The minimum Gasteiger partial charge on any atom is -0.361 e. The molecule has 0 unspecified atom stereocenters. The average Bonchev–Trinajstić information content (AvgIpc) is 3.04. The van der Waals surface area contributed by atoms with Crippen molar-refractivity contribution in [2.75, 3.05) is 25.0 Å². The highest BCUT2D eigenvalue weighted by Gasteiger charge is 2.24. The third-order valence-corrected chi connectivity index (χ3v) is 4.58. The number of hydrogen-bond acceptors (Lipinski definition) is 5. The second-order valence-corrected chi connectivity index (χ2v) is 6.00. The maximum Gasteiger partial charge on any atom is 0.372 e. The summed E-state index contributed by atoms with van der Waals surface area (Å²) in [6, 6.07) is 15.6. The van der Waals surface area contributed by atoms with Crippen molar-refractivity contribution in [2.45, 2.75) is 19.9 Å². The molecular weight excluding hydrogens is 330 g/mol. The third kappa shape index (κ3) is 3.52. The minimum absolute atomic E-state index is 0.0352. The van der Waals surface area contributed by atoms with Crippen LogP contribution in [0.5, 0.6) is 0 Å². The van der Waals surface area contributed by atoms with E-state index >= 15 is 0 Å². The lowest BCUT2D eigenvalue weighted by atomic mass is 10.1. The summed E-state index contributed by atoms with van der Waals surface area (Å²) in [7, 11) is 0. The number of benzene rings is 1. The number of nitro groups is 1. The first kappa shape index (κ1) is 17.9. The molecule has 0 aliphatic carbocycles. The van der Waals surface area contributed by atoms with Crippen molar-refractivity contribution in [3.05, 3.63) is 70.4 Å². The van der Waals surface area contributed by atoms with Gasteiger partial charge in [-0.05, 0) is 29.6 Å². The smallest absolute Gasteiger partial charge is 0.361 e. The summed E-state index contributed by atoms with van der Waals surface area (Å²) in [5.74, 6) is 0.265. The van der Waals surface area contributed by atoms with E-state index in [1.54, 1.807) is 18.3 Å². The Hall–Kier alpha value is -2.93. The molecule has 0 aliphatic rings. The van der Waals surface area contributed by atoms with Crippen LogP contribution >= 0.6 is 0 Å². The highest BCUT2D eigenvalue weighted by Crippen LogP contribution is 2.27. The molecule has 0 fully saturated rings. The Bertz CT molecular complexity index is 874. The van der Waals surface area contributed by atoms with Crippen LogP contribution in [0.3, 0.4) is 0 Å². The van der Waals surface area contributed by atoms with E-state index in [4.69, 9.17) is 0 Å². The fourth-order valence-electron chi connectivity index (χ4n) is 3.27. The Balaban J connectivity index is 1.91. The number of nitrogens with zero attached hydrogens (tertiary/aromatic N) is 4. The molecule has 26 heavy (non-hydrogen) atoms. The topological polar surface area (TPSA) is 75.7 Å². The Labute approximate surface area is 152 Å². The van der Waals surface area contributed by atoms with Gasteiger partial charge in [0.05, 0.1) is 12.2 Å².